The Hall–Kier alpha value is -2.35. The fraction of sp³-hybridized carbons (Fsp3) is 0.350. The quantitative estimate of drug-likeness (QED) is 0.654. The van der Waals surface area contributed by atoms with Gasteiger partial charge in [-0.3, -0.25) is 9.48 Å². The van der Waals surface area contributed by atoms with Gasteiger partial charge in [0.15, 0.2) is 0 Å². The van der Waals surface area contributed by atoms with Crippen LogP contribution in [-0.4, -0.2) is 49.7 Å². The molecule has 0 fully saturated rings. The first kappa shape index (κ1) is 22.9. The van der Waals surface area contributed by atoms with Crippen LogP contribution in [0.25, 0.3) is 11.3 Å². The number of amides is 1. The molecule has 1 atom stereocenters. The summed E-state index contributed by atoms with van der Waals surface area (Å²) >= 11 is 0. The SMILES string of the molecule is Cl.Cl.Cn1nc(-c2ccccc2)c2c1CCN(C(=O)[C@@H](N)Cc1cnc[nH]1)CC2. The smallest absolute Gasteiger partial charge is 0.239 e. The molecule has 156 valence electrons. The van der Waals surface area contributed by atoms with Crippen LogP contribution in [0.1, 0.15) is 17.0 Å². The third-order valence-electron chi connectivity index (χ3n) is 5.20. The minimum absolute atomic E-state index is 0. The summed E-state index contributed by atoms with van der Waals surface area (Å²) in [5.41, 5.74) is 11.6. The predicted molar refractivity (Wildman–Crippen MR) is 117 cm³/mol. The molecule has 1 aliphatic heterocycles. The maximum Gasteiger partial charge on any atom is 0.239 e. The van der Waals surface area contributed by atoms with E-state index >= 15 is 0 Å². The van der Waals surface area contributed by atoms with Crippen molar-refractivity contribution in [2.75, 3.05) is 13.1 Å². The van der Waals surface area contributed by atoms with E-state index in [1.165, 1.54) is 11.3 Å². The molecule has 1 amide bonds. The summed E-state index contributed by atoms with van der Waals surface area (Å²) in [4.78, 5) is 21.7. The molecule has 1 aromatic carbocycles. The van der Waals surface area contributed by atoms with Crippen LogP contribution < -0.4 is 5.73 Å². The zero-order valence-electron chi connectivity index (χ0n) is 16.2. The molecule has 9 heteroatoms. The number of imidazole rings is 1. The summed E-state index contributed by atoms with van der Waals surface area (Å²) in [5, 5.41) is 4.74. The number of aryl methyl sites for hydroxylation is 1. The fourth-order valence-corrected chi connectivity index (χ4v) is 3.78. The van der Waals surface area contributed by atoms with Crippen LogP contribution in [0.4, 0.5) is 0 Å². The lowest BCUT2D eigenvalue weighted by atomic mass is 10.0. The zero-order chi connectivity index (χ0) is 18.8. The van der Waals surface area contributed by atoms with Gasteiger partial charge in [0, 0.05) is 61.7 Å². The van der Waals surface area contributed by atoms with Gasteiger partial charge in [0.25, 0.3) is 0 Å². The van der Waals surface area contributed by atoms with E-state index in [1.807, 2.05) is 34.8 Å². The number of hydrogen-bond donors (Lipinski definition) is 2. The Balaban J connectivity index is 0.00000150. The van der Waals surface area contributed by atoms with Gasteiger partial charge in [-0.15, -0.1) is 24.8 Å². The Labute approximate surface area is 182 Å². The van der Waals surface area contributed by atoms with Crippen molar-refractivity contribution in [3.05, 3.63) is 59.8 Å². The number of aromatic nitrogens is 4. The molecule has 3 N–H and O–H groups in total. The largest absolute Gasteiger partial charge is 0.348 e. The van der Waals surface area contributed by atoms with Crippen molar-refractivity contribution in [1.29, 1.82) is 0 Å². The summed E-state index contributed by atoms with van der Waals surface area (Å²) in [7, 11) is 1.98. The van der Waals surface area contributed by atoms with Crippen molar-refractivity contribution in [1.82, 2.24) is 24.6 Å². The molecule has 1 aliphatic rings. The van der Waals surface area contributed by atoms with Gasteiger partial charge in [0.2, 0.25) is 5.91 Å². The molecular weight excluding hydrogens is 411 g/mol. The first-order valence-electron chi connectivity index (χ1n) is 9.25. The molecule has 4 rings (SSSR count). The highest BCUT2D eigenvalue weighted by Crippen LogP contribution is 2.28. The zero-order valence-corrected chi connectivity index (χ0v) is 17.9. The molecular formula is C20H26Cl2N6O. The molecule has 7 nitrogen and oxygen atoms in total. The molecule has 0 spiro atoms. The number of aromatic amines is 1. The highest BCUT2D eigenvalue weighted by molar-refractivity contribution is 5.85. The van der Waals surface area contributed by atoms with Gasteiger partial charge < -0.3 is 15.6 Å². The number of nitrogens with zero attached hydrogens (tertiary/aromatic N) is 4. The molecule has 0 saturated heterocycles. The summed E-state index contributed by atoms with van der Waals surface area (Å²) in [6.45, 7) is 1.32. The van der Waals surface area contributed by atoms with E-state index in [-0.39, 0.29) is 30.7 Å². The molecule has 0 saturated carbocycles. The van der Waals surface area contributed by atoms with E-state index in [0.717, 1.165) is 29.8 Å². The lowest BCUT2D eigenvalue weighted by Crippen LogP contribution is -2.46. The van der Waals surface area contributed by atoms with Gasteiger partial charge in [-0.25, -0.2) is 4.98 Å². The number of nitrogens with two attached hydrogens (primary N) is 1. The standard InChI is InChI=1S/C20H24N6O.2ClH/c1-25-18-8-10-26(20(27)17(21)11-15-12-22-13-23-15)9-7-16(18)19(24-25)14-5-3-2-4-6-14;;/h2-6,12-13,17H,7-11,21H2,1H3,(H,22,23);2*1H/t17-;;/m0../s1. The number of carbonyl (C=O) groups is 1. The van der Waals surface area contributed by atoms with Gasteiger partial charge in [-0.2, -0.15) is 5.10 Å². The van der Waals surface area contributed by atoms with Crippen molar-refractivity contribution in [2.45, 2.75) is 25.3 Å². The normalized spacial score (nSPS) is 14.2. The minimum atomic E-state index is -0.557. The fourth-order valence-electron chi connectivity index (χ4n) is 3.78. The Bertz CT molecular complexity index is 926. The average molecular weight is 437 g/mol. The first-order valence-corrected chi connectivity index (χ1v) is 9.25. The van der Waals surface area contributed by atoms with Crippen molar-refractivity contribution < 1.29 is 4.79 Å². The molecule has 3 aromatic rings. The molecule has 2 aromatic heterocycles. The molecule has 0 aliphatic carbocycles. The van der Waals surface area contributed by atoms with Crippen LogP contribution in [-0.2, 0) is 31.1 Å². The summed E-state index contributed by atoms with van der Waals surface area (Å²) < 4.78 is 1.95. The average Bonchev–Trinajstić information content (AvgIpc) is 3.23. The maximum absolute atomic E-state index is 12.8. The summed E-state index contributed by atoms with van der Waals surface area (Å²) in [6, 6.07) is 9.66. The number of carbonyl (C=O) groups excluding carboxylic acids is 1. The van der Waals surface area contributed by atoms with Crippen LogP contribution >= 0.6 is 24.8 Å². The second-order valence-electron chi connectivity index (χ2n) is 6.98. The Kier molecular flexibility index (Phi) is 7.84. The molecule has 0 radical (unpaired) electrons. The molecule has 3 heterocycles. The topological polar surface area (TPSA) is 92.8 Å². The third-order valence-corrected chi connectivity index (χ3v) is 5.20. The highest BCUT2D eigenvalue weighted by atomic mass is 35.5. The van der Waals surface area contributed by atoms with Crippen molar-refractivity contribution in [2.24, 2.45) is 12.8 Å². The van der Waals surface area contributed by atoms with E-state index < -0.39 is 6.04 Å². The number of fused-ring (bicyclic) bond motifs is 1. The van der Waals surface area contributed by atoms with Gasteiger partial charge in [-0.1, -0.05) is 30.3 Å². The number of rotatable bonds is 4. The monoisotopic (exact) mass is 436 g/mol. The first-order chi connectivity index (χ1) is 13.1. The Morgan fingerprint density at radius 1 is 1.21 bits per heavy atom. The third kappa shape index (κ3) is 4.80. The van der Waals surface area contributed by atoms with E-state index in [4.69, 9.17) is 10.8 Å². The molecule has 0 bridgehead atoms. The van der Waals surface area contributed by atoms with Crippen LogP contribution in [0.2, 0.25) is 0 Å². The lowest BCUT2D eigenvalue weighted by molar-refractivity contribution is -0.132. The number of halogens is 2. The van der Waals surface area contributed by atoms with E-state index in [2.05, 4.69) is 22.1 Å². The van der Waals surface area contributed by atoms with Gasteiger partial charge >= 0.3 is 0 Å². The van der Waals surface area contributed by atoms with Crippen LogP contribution in [0.15, 0.2) is 42.9 Å². The summed E-state index contributed by atoms with van der Waals surface area (Å²) in [6.07, 6.45) is 5.36. The Morgan fingerprint density at radius 3 is 2.62 bits per heavy atom. The van der Waals surface area contributed by atoms with Crippen LogP contribution in [0.5, 0.6) is 0 Å². The number of benzene rings is 1. The lowest BCUT2D eigenvalue weighted by Gasteiger charge is -2.24. The summed E-state index contributed by atoms with van der Waals surface area (Å²) in [5.74, 6) is -0.00775. The minimum Gasteiger partial charge on any atom is -0.348 e. The predicted octanol–water partition coefficient (Wildman–Crippen LogP) is 2.15. The Morgan fingerprint density at radius 2 is 1.93 bits per heavy atom. The maximum atomic E-state index is 12.8. The van der Waals surface area contributed by atoms with E-state index in [0.29, 0.717) is 19.5 Å². The second kappa shape index (κ2) is 9.91. The van der Waals surface area contributed by atoms with Crippen molar-refractivity contribution in [3.8, 4) is 11.3 Å². The van der Waals surface area contributed by atoms with E-state index in [9.17, 15) is 4.79 Å². The molecule has 0 unspecified atom stereocenters. The van der Waals surface area contributed by atoms with Crippen LogP contribution in [0, 0.1) is 0 Å². The second-order valence-corrected chi connectivity index (χ2v) is 6.98. The van der Waals surface area contributed by atoms with Crippen molar-refractivity contribution >= 4 is 30.7 Å². The van der Waals surface area contributed by atoms with Gasteiger partial charge in [-0.05, 0) is 6.42 Å². The van der Waals surface area contributed by atoms with Gasteiger partial charge in [0.1, 0.15) is 0 Å². The van der Waals surface area contributed by atoms with Crippen molar-refractivity contribution in [3.63, 3.8) is 0 Å². The highest BCUT2D eigenvalue weighted by Gasteiger charge is 2.27. The van der Waals surface area contributed by atoms with Gasteiger partial charge in [0.05, 0.1) is 18.1 Å². The van der Waals surface area contributed by atoms with Crippen LogP contribution in [0.3, 0.4) is 0 Å². The number of nitrogens with one attached hydrogen (secondary N) is 1. The van der Waals surface area contributed by atoms with E-state index in [1.54, 1.807) is 12.5 Å². The molecule has 29 heavy (non-hydrogen) atoms. The number of H-pyrrole nitrogens is 1. The number of hydrogen-bond acceptors (Lipinski definition) is 4.